The summed E-state index contributed by atoms with van der Waals surface area (Å²) in [6.07, 6.45) is 4.78. The topological polar surface area (TPSA) is 81.1 Å². The third kappa shape index (κ3) is 4.98. The second-order valence-electron chi connectivity index (χ2n) is 6.92. The summed E-state index contributed by atoms with van der Waals surface area (Å²) in [5, 5.41) is 14.4. The maximum atomic E-state index is 11.7. The van der Waals surface area contributed by atoms with Gasteiger partial charge in [-0.15, -0.1) is 10.2 Å². The summed E-state index contributed by atoms with van der Waals surface area (Å²) in [5.41, 5.74) is -0.456. The number of hydrogen-bond acceptors (Lipinski definition) is 5. The summed E-state index contributed by atoms with van der Waals surface area (Å²) in [6.45, 7) is 6.95. The van der Waals surface area contributed by atoms with Gasteiger partial charge in [0.25, 0.3) is 0 Å². The van der Waals surface area contributed by atoms with Crippen LogP contribution >= 0.6 is 0 Å². The second kappa shape index (κ2) is 7.09. The lowest BCUT2D eigenvalue weighted by atomic mass is 10.0. The monoisotopic (exact) mass is 309 g/mol. The van der Waals surface area contributed by atoms with Gasteiger partial charge >= 0.3 is 6.09 Å². The lowest BCUT2D eigenvalue weighted by Crippen LogP contribution is -2.41. The highest BCUT2D eigenvalue weighted by Crippen LogP contribution is 2.25. The van der Waals surface area contributed by atoms with E-state index in [-0.39, 0.29) is 6.09 Å². The summed E-state index contributed by atoms with van der Waals surface area (Å²) in [5.74, 6) is 1.35. The number of hydrogen-bond donors (Lipinski definition) is 2. The van der Waals surface area contributed by atoms with Gasteiger partial charge in [-0.05, 0) is 39.5 Å². The van der Waals surface area contributed by atoms with E-state index in [9.17, 15) is 4.79 Å². The third-order valence-electron chi connectivity index (χ3n) is 3.89. The van der Waals surface area contributed by atoms with E-state index in [2.05, 4.69) is 20.8 Å². The van der Waals surface area contributed by atoms with Gasteiger partial charge in [-0.2, -0.15) is 0 Å². The fraction of sp³-hybridized carbons (Fsp3) is 0.800. The highest BCUT2D eigenvalue weighted by atomic mass is 16.6. The first-order valence-corrected chi connectivity index (χ1v) is 7.88. The Bertz CT molecular complexity index is 494. The van der Waals surface area contributed by atoms with E-state index in [0.29, 0.717) is 25.0 Å². The maximum absolute atomic E-state index is 11.7. The normalized spacial score (nSPS) is 21.8. The molecule has 124 valence electrons. The molecule has 0 saturated heterocycles. The fourth-order valence-electron chi connectivity index (χ4n) is 2.77. The molecule has 22 heavy (non-hydrogen) atoms. The van der Waals surface area contributed by atoms with E-state index >= 15 is 0 Å². The van der Waals surface area contributed by atoms with Crippen LogP contribution in [0.1, 0.15) is 45.9 Å². The summed E-state index contributed by atoms with van der Waals surface area (Å²) < 4.78 is 7.19. The molecule has 2 rings (SSSR count). The Hall–Kier alpha value is -1.63. The molecule has 0 spiro atoms. The Balaban J connectivity index is 1.76. The number of aromatic nitrogens is 3. The summed E-state index contributed by atoms with van der Waals surface area (Å²) in [7, 11) is 1.94. The van der Waals surface area contributed by atoms with Crippen molar-refractivity contribution in [3.8, 4) is 0 Å². The minimum absolute atomic E-state index is 0.341. The van der Waals surface area contributed by atoms with Crippen molar-refractivity contribution in [3.63, 3.8) is 0 Å². The van der Waals surface area contributed by atoms with Crippen molar-refractivity contribution in [2.24, 2.45) is 13.0 Å². The standard InChI is InChI=1S/C15H27N5O2/c1-15(2,3)22-14(21)17-8-11-6-5-7-12(11)16-9-13-19-18-10-20(13)4/h10-12,16H,5-9H2,1-4H3,(H,17,21). The average molecular weight is 309 g/mol. The Morgan fingerprint density at radius 2 is 2.23 bits per heavy atom. The van der Waals surface area contributed by atoms with E-state index in [0.717, 1.165) is 18.7 Å². The van der Waals surface area contributed by atoms with Crippen LogP contribution in [0, 0.1) is 5.92 Å². The zero-order valence-corrected chi connectivity index (χ0v) is 13.9. The second-order valence-corrected chi connectivity index (χ2v) is 6.92. The van der Waals surface area contributed by atoms with Crippen molar-refractivity contribution < 1.29 is 9.53 Å². The third-order valence-corrected chi connectivity index (χ3v) is 3.89. The van der Waals surface area contributed by atoms with Crippen molar-refractivity contribution in [1.82, 2.24) is 25.4 Å². The smallest absolute Gasteiger partial charge is 0.407 e. The average Bonchev–Trinajstić information content (AvgIpc) is 3.00. The largest absolute Gasteiger partial charge is 0.444 e. The molecule has 7 nitrogen and oxygen atoms in total. The number of alkyl carbamates (subject to hydrolysis) is 1. The van der Waals surface area contributed by atoms with Crippen LogP contribution in [0.2, 0.25) is 0 Å². The van der Waals surface area contributed by atoms with Crippen LogP contribution in [0.25, 0.3) is 0 Å². The van der Waals surface area contributed by atoms with Crippen molar-refractivity contribution in [2.75, 3.05) is 6.54 Å². The maximum Gasteiger partial charge on any atom is 0.407 e. The molecule has 0 bridgehead atoms. The molecule has 0 aliphatic heterocycles. The number of carbonyl (C=O) groups excluding carboxylic acids is 1. The molecular formula is C15H27N5O2. The molecule has 1 fully saturated rings. The minimum Gasteiger partial charge on any atom is -0.444 e. The molecule has 0 aromatic carbocycles. The Morgan fingerprint density at radius 3 is 2.86 bits per heavy atom. The van der Waals surface area contributed by atoms with Crippen molar-refractivity contribution in [1.29, 1.82) is 0 Å². The van der Waals surface area contributed by atoms with Gasteiger partial charge in [-0.3, -0.25) is 0 Å². The SMILES string of the molecule is Cn1cnnc1CNC1CCCC1CNC(=O)OC(C)(C)C. The molecule has 1 aromatic heterocycles. The van der Waals surface area contributed by atoms with E-state index in [1.54, 1.807) is 6.33 Å². The fourth-order valence-corrected chi connectivity index (χ4v) is 2.77. The lowest BCUT2D eigenvalue weighted by molar-refractivity contribution is 0.0517. The molecule has 2 unspecified atom stereocenters. The molecule has 1 amide bonds. The Kier molecular flexibility index (Phi) is 5.39. The first kappa shape index (κ1) is 16.7. The quantitative estimate of drug-likeness (QED) is 0.863. The Morgan fingerprint density at radius 1 is 1.45 bits per heavy atom. The van der Waals surface area contributed by atoms with Gasteiger partial charge in [0.15, 0.2) is 0 Å². The van der Waals surface area contributed by atoms with Gasteiger partial charge in [-0.25, -0.2) is 4.79 Å². The van der Waals surface area contributed by atoms with E-state index in [4.69, 9.17) is 4.74 Å². The first-order valence-electron chi connectivity index (χ1n) is 7.88. The number of amides is 1. The molecule has 1 aromatic rings. The van der Waals surface area contributed by atoms with Crippen LogP contribution in [0.15, 0.2) is 6.33 Å². The van der Waals surface area contributed by atoms with Crippen LogP contribution < -0.4 is 10.6 Å². The van der Waals surface area contributed by atoms with E-state index < -0.39 is 5.60 Å². The van der Waals surface area contributed by atoms with Crippen LogP contribution in [-0.2, 0) is 18.3 Å². The van der Waals surface area contributed by atoms with Gasteiger partial charge in [0.05, 0.1) is 6.54 Å². The van der Waals surface area contributed by atoms with Crippen molar-refractivity contribution in [3.05, 3.63) is 12.2 Å². The molecule has 7 heteroatoms. The summed E-state index contributed by atoms with van der Waals surface area (Å²) >= 11 is 0. The van der Waals surface area contributed by atoms with Gasteiger partial charge in [0.1, 0.15) is 17.8 Å². The molecule has 1 aliphatic rings. The lowest BCUT2D eigenvalue weighted by Gasteiger charge is -2.23. The number of carbonyl (C=O) groups is 1. The minimum atomic E-state index is -0.456. The zero-order chi connectivity index (χ0) is 16.2. The van der Waals surface area contributed by atoms with Crippen LogP contribution in [0.5, 0.6) is 0 Å². The molecule has 0 radical (unpaired) electrons. The first-order chi connectivity index (χ1) is 10.3. The van der Waals surface area contributed by atoms with E-state index in [1.807, 2.05) is 32.4 Å². The van der Waals surface area contributed by atoms with Gasteiger partial charge in [0, 0.05) is 19.6 Å². The van der Waals surface area contributed by atoms with Gasteiger partial charge < -0.3 is 19.9 Å². The molecule has 1 heterocycles. The number of rotatable bonds is 5. The Labute approximate surface area is 131 Å². The van der Waals surface area contributed by atoms with Gasteiger partial charge in [0.2, 0.25) is 0 Å². The summed E-state index contributed by atoms with van der Waals surface area (Å²) in [6, 6.07) is 0.395. The molecule has 2 atom stereocenters. The predicted molar refractivity (Wildman–Crippen MR) is 83.2 cm³/mol. The predicted octanol–water partition coefficient (Wildman–Crippen LogP) is 1.60. The summed E-state index contributed by atoms with van der Waals surface area (Å²) in [4.78, 5) is 11.7. The molecular weight excluding hydrogens is 282 g/mol. The highest BCUT2D eigenvalue weighted by Gasteiger charge is 2.28. The van der Waals surface area contributed by atoms with Crippen LogP contribution in [0.4, 0.5) is 4.79 Å². The highest BCUT2D eigenvalue weighted by molar-refractivity contribution is 5.67. The van der Waals surface area contributed by atoms with Crippen LogP contribution in [0.3, 0.4) is 0 Å². The van der Waals surface area contributed by atoms with Crippen LogP contribution in [-0.4, -0.2) is 39.0 Å². The number of aryl methyl sites for hydroxylation is 1. The molecule has 1 aliphatic carbocycles. The van der Waals surface area contributed by atoms with Gasteiger partial charge in [-0.1, -0.05) is 6.42 Å². The number of nitrogens with one attached hydrogen (secondary N) is 2. The zero-order valence-electron chi connectivity index (χ0n) is 13.9. The van der Waals surface area contributed by atoms with Crippen molar-refractivity contribution in [2.45, 2.75) is 58.2 Å². The molecule has 2 N–H and O–H groups in total. The molecule has 1 saturated carbocycles. The number of nitrogens with zero attached hydrogens (tertiary/aromatic N) is 3. The van der Waals surface area contributed by atoms with Crippen molar-refractivity contribution >= 4 is 6.09 Å². The van der Waals surface area contributed by atoms with E-state index in [1.165, 1.54) is 6.42 Å². The number of ether oxygens (including phenoxy) is 1.